The average molecular weight is 268 g/mol. The van der Waals surface area contributed by atoms with Gasteiger partial charge in [-0.25, -0.2) is 0 Å². The molecule has 0 saturated carbocycles. The van der Waals surface area contributed by atoms with E-state index < -0.39 is 15.5 Å². The Morgan fingerprint density at radius 2 is 1.63 bits per heavy atom. The number of nitro groups is 2. The summed E-state index contributed by atoms with van der Waals surface area (Å²) in [5, 5.41) is 21.7. The third-order valence-corrected chi connectivity index (χ3v) is 2.72. The summed E-state index contributed by atoms with van der Waals surface area (Å²) >= 11 is 0. The maximum Gasteiger partial charge on any atom is 0.321 e. The van der Waals surface area contributed by atoms with Gasteiger partial charge in [0, 0.05) is 0 Å². The lowest BCUT2D eigenvalue weighted by Gasteiger charge is -2.10. The Bertz CT molecular complexity index is 516. The molecule has 8 heteroatoms. The molecule has 0 spiro atoms. The first-order valence-electron chi connectivity index (χ1n) is 5.82. The van der Waals surface area contributed by atoms with Crippen LogP contribution in [0.3, 0.4) is 0 Å². The number of nitro benzene ring substituents is 2. The SMILES string of the molecule is O=[N+]([O-])c1cc2c(c([N+](=O)[O-])c1)OCCCCCO2. The predicted octanol–water partition coefficient (Wildman–Crippen LogP) is 2.44. The van der Waals surface area contributed by atoms with E-state index in [9.17, 15) is 20.2 Å². The van der Waals surface area contributed by atoms with Crippen LogP contribution in [-0.2, 0) is 0 Å². The van der Waals surface area contributed by atoms with E-state index in [1.807, 2.05) is 0 Å². The molecule has 0 unspecified atom stereocenters. The molecule has 0 saturated heterocycles. The minimum absolute atomic E-state index is 0.0301. The molecule has 102 valence electrons. The first-order valence-corrected chi connectivity index (χ1v) is 5.82. The molecule has 0 aromatic heterocycles. The zero-order valence-electron chi connectivity index (χ0n) is 10.0. The number of non-ortho nitro benzene ring substituents is 1. The number of hydrogen-bond donors (Lipinski definition) is 0. The Kier molecular flexibility index (Phi) is 3.79. The highest BCUT2D eigenvalue weighted by Gasteiger charge is 2.27. The molecule has 0 bridgehead atoms. The maximum atomic E-state index is 11.0. The summed E-state index contributed by atoms with van der Waals surface area (Å²) in [5.41, 5.74) is -0.820. The molecule has 1 aliphatic heterocycles. The van der Waals surface area contributed by atoms with Crippen molar-refractivity contribution < 1.29 is 19.3 Å². The molecule has 2 rings (SSSR count). The Hall–Kier alpha value is -2.38. The van der Waals surface area contributed by atoms with Gasteiger partial charge >= 0.3 is 5.69 Å². The van der Waals surface area contributed by atoms with E-state index >= 15 is 0 Å². The number of hydrogen-bond acceptors (Lipinski definition) is 6. The molecular formula is C11H12N2O6. The van der Waals surface area contributed by atoms with Gasteiger partial charge in [0.25, 0.3) is 5.69 Å². The summed E-state index contributed by atoms with van der Waals surface area (Å²) in [7, 11) is 0. The topological polar surface area (TPSA) is 105 Å². The third-order valence-electron chi connectivity index (χ3n) is 2.72. The van der Waals surface area contributed by atoms with Crippen molar-refractivity contribution in [2.45, 2.75) is 19.3 Å². The van der Waals surface area contributed by atoms with Gasteiger partial charge in [-0.15, -0.1) is 0 Å². The summed E-state index contributed by atoms with van der Waals surface area (Å²) in [6, 6.07) is 2.05. The van der Waals surface area contributed by atoms with Gasteiger partial charge in [0.05, 0.1) is 35.2 Å². The summed E-state index contributed by atoms with van der Waals surface area (Å²) < 4.78 is 10.7. The number of benzene rings is 1. The minimum atomic E-state index is -0.701. The summed E-state index contributed by atoms with van der Waals surface area (Å²) in [6.45, 7) is 0.684. The molecule has 0 fully saturated rings. The minimum Gasteiger partial charge on any atom is -0.489 e. The fourth-order valence-corrected chi connectivity index (χ4v) is 1.80. The zero-order chi connectivity index (χ0) is 13.8. The lowest BCUT2D eigenvalue weighted by molar-refractivity contribution is -0.394. The molecular weight excluding hydrogens is 256 g/mol. The lowest BCUT2D eigenvalue weighted by atomic mass is 10.2. The standard InChI is InChI=1S/C11H12N2O6/c14-12(15)8-6-9(13(16)17)11-10(7-8)18-4-2-1-3-5-19-11/h6-7H,1-5H2. The summed E-state index contributed by atoms with van der Waals surface area (Å²) in [5.74, 6) is 0.0281. The van der Waals surface area contributed by atoms with Crippen molar-refractivity contribution in [1.29, 1.82) is 0 Å². The maximum absolute atomic E-state index is 11.0. The van der Waals surface area contributed by atoms with Crippen LogP contribution in [0.25, 0.3) is 0 Å². The molecule has 1 aromatic rings. The van der Waals surface area contributed by atoms with E-state index in [1.165, 1.54) is 0 Å². The Morgan fingerprint density at radius 1 is 0.947 bits per heavy atom. The van der Waals surface area contributed by atoms with Gasteiger partial charge in [-0.1, -0.05) is 0 Å². The second kappa shape index (κ2) is 5.51. The van der Waals surface area contributed by atoms with Crippen molar-refractivity contribution >= 4 is 11.4 Å². The summed E-state index contributed by atoms with van der Waals surface area (Å²) in [6.07, 6.45) is 2.42. The molecule has 8 nitrogen and oxygen atoms in total. The van der Waals surface area contributed by atoms with Crippen molar-refractivity contribution in [3.05, 3.63) is 32.4 Å². The first-order chi connectivity index (χ1) is 9.09. The van der Waals surface area contributed by atoms with Crippen molar-refractivity contribution in [2.75, 3.05) is 13.2 Å². The second-order valence-corrected chi connectivity index (χ2v) is 4.06. The molecule has 1 aliphatic rings. The monoisotopic (exact) mass is 268 g/mol. The normalized spacial score (nSPS) is 14.9. The van der Waals surface area contributed by atoms with Crippen molar-refractivity contribution in [3.8, 4) is 11.5 Å². The largest absolute Gasteiger partial charge is 0.489 e. The number of rotatable bonds is 2. The predicted molar refractivity (Wildman–Crippen MR) is 64.6 cm³/mol. The summed E-state index contributed by atoms with van der Waals surface area (Å²) in [4.78, 5) is 20.4. The molecule has 1 heterocycles. The Balaban J connectivity index is 2.51. The van der Waals surface area contributed by atoms with Crippen LogP contribution in [0, 0.1) is 20.2 Å². The van der Waals surface area contributed by atoms with E-state index in [0.717, 1.165) is 31.4 Å². The van der Waals surface area contributed by atoms with E-state index in [4.69, 9.17) is 9.47 Å². The molecule has 0 radical (unpaired) electrons. The van der Waals surface area contributed by atoms with Crippen molar-refractivity contribution in [1.82, 2.24) is 0 Å². The molecule has 0 N–H and O–H groups in total. The van der Waals surface area contributed by atoms with Gasteiger partial charge in [-0.2, -0.15) is 0 Å². The molecule has 0 aliphatic carbocycles. The van der Waals surface area contributed by atoms with Crippen LogP contribution < -0.4 is 9.47 Å². The highest BCUT2D eigenvalue weighted by molar-refractivity contribution is 5.62. The third kappa shape index (κ3) is 2.90. The lowest BCUT2D eigenvalue weighted by Crippen LogP contribution is -2.03. The number of nitrogens with zero attached hydrogens (tertiary/aromatic N) is 2. The smallest absolute Gasteiger partial charge is 0.321 e. The quantitative estimate of drug-likeness (QED) is 0.602. The highest BCUT2D eigenvalue weighted by Crippen LogP contribution is 2.41. The fourth-order valence-electron chi connectivity index (χ4n) is 1.80. The van der Waals surface area contributed by atoms with Crippen LogP contribution in [0.4, 0.5) is 11.4 Å². The number of fused-ring (bicyclic) bond motifs is 1. The average Bonchev–Trinajstić information content (AvgIpc) is 2.48. The van der Waals surface area contributed by atoms with Crippen LogP contribution in [0.15, 0.2) is 12.1 Å². The van der Waals surface area contributed by atoms with Gasteiger partial charge in [0.15, 0.2) is 5.75 Å². The molecule has 1 aromatic carbocycles. The van der Waals surface area contributed by atoms with Crippen LogP contribution in [0.2, 0.25) is 0 Å². The van der Waals surface area contributed by atoms with Crippen LogP contribution >= 0.6 is 0 Å². The van der Waals surface area contributed by atoms with Crippen LogP contribution in [0.1, 0.15) is 19.3 Å². The van der Waals surface area contributed by atoms with E-state index in [2.05, 4.69) is 0 Å². The van der Waals surface area contributed by atoms with Crippen molar-refractivity contribution in [3.63, 3.8) is 0 Å². The Labute approximate surface area is 108 Å². The van der Waals surface area contributed by atoms with E-state index in [0.29, 0.717) is 13.2 Å². The highest BCUT2D eigenvalue weighted by atomic mass is 16.6. The first kappa shape index (κ1) is 13.1. The van der Waals surface area contributed by atoms with Gasteiger partial charge in [0.1, 0.15) is 0 Å². The van der Waals surface area contributed by atoms with Gasteiger partial charge in [0.2, 0.25) is 5.75 Å². The van der Waals surface area contributed by atoms with Gasteiger partial charge in [-0.3, -0.25) is 20.2 Å². The van der Waals surface area contributed by atoms with Crippen LogP contribution in [-0.4, -0.2) is 23.1 Å². The van der Waals surface area contributed by atoms with Gasteiger partial charge in [-0.05, 0) is 19.3 Å². The van der Waals surface area contributed by atoms with Gasteiger partial charge < -0.3 is 9.47 Å². The zero-order valence-corrected chi connectivity index (χ0v) is 10.0. The molecule has 19 heavy (non-hydrogen) atoms. The van der Waals surface area contributed by atoms with Crippen molar-refractivity contribution in [2.24, 2.45) is 0 Å². The molecule has 0 atom stereocenters. The number of ether oxygens (including phenoxy) is 2. The van der Waals surface area contributed by atoms with E-state index in [1.54, 1.807) is 0 Å². The Morgan fingerprint density at radius 3 is 2.26 bits per heavy atom. The second-order valence-electron chi connectivity index (χ2n) is 4.06. The van der Waals surface area contributed by atoms with Crippen LogP contribution in [0.5, 0.6) is 11.5 Å². The molecule has 0 amide bonds. The van der Waals surface area contributed by atoms with E-state index in [-0.39, 0.29) is 17.2 Å². The fraction of sp³-hybridized carbons (Fsp3) is 0.455.